The van der Waals surface area contributed by atoms with E-state index in [0.29, 0.717) is 38.8 Å². The van der Waals surface area contributed by atoms with Crippen LogP contribution in [0.25, 0.3) is 21.5 Å². The van der Waals surface area contributed by atoms with Gasteiger partial charge in [-0.15, -0.1) is 0 Å². The molecule has 4 atom stereocenters. The number of nitrogens with two attached hydrogens (primary N) is 1. The van der Waals surface area contributed by atoms with E-state index in [9.17, 15) is 24.0 Å². The molecule has 0 aliphatic heterocycles. The first kappa shape index (κ1) is 61.5. The van der Waals surface area contributed by atoms with Crippen LogP contribution in [0.3, 0.4) is 0 Å². The fourth-order valence-electron chi connectivity index (χ4n) is 8.63. The first-order valence-electron chi connectivity index (χ1n) is 26.9. The molecule has 6 aromatic carbocycles. The highest BCUT2D eigenvalue weighted by atomic mass is 16.6. The second-order valence-corrected chi connectivity index (χ2v) is 21.6. The standard InChI is InChI=1S/C32H38N4O4.C18H21NO3.C14H17N3O2/c1-32(2,3)40-31(38)35-27(17-24-14-15-25-12-8-9-13-26(25)16-24)19-33-29(30(37)39-4)18-28-21-36(22-34-28)20-23-10-6-5-7-11-23;1-18(2,3)22-17(21)19-16(12-20)11-13-8-9-14-6-4-5-7-15(14)10-13;1-19-14(18)13(15)7-12-9-17(10-16-12)8-11-5-3-2-4-6-11/h5-16,21-22,27,29,33H,17-20H2,1-4H3,(H,35,38);4-10,12,16H,11H2,1-3H3,(H,19,21);2-6,9-10,13H,7-8,15H2,1H3. The Morgan fingerprint density at radius 1 is 0.543 bits per heavy atom. The van der Waals surface area contributed by atoms with Crippen LogP contribution in [0.1, 0.15) is 75.2 Å². The molecule has 8 aromatic rings. The Morgan fingerprint density at radius 3 is 1.46 bits per heavy atom. The van der Waals surface area contributed by atoms with Gasteiger partial charge in [-0.1, -0.05) is 146 Å². The number of methoxy groups -OCH3 is 2. The average Bonchev–Trinajstić information content (AvgIpc) is 4.12. The molecule has 2 heterocycles. The minimum absolute atomic E-state index is 0.330. The van der Waals surface area contributed by atoms with Crippen molar-refractivity contribution in [2.24, 2.45) is 5.73 Å². The van der Waals surface area contributed by atoms with E-state index in [4.69, 9.17) is 19.9 Å². The fraction of sp³-hybridized carbons (Fsp3) is 0.328. The Kier molecular flexibility index (Phi) is 22.8. The molecule has 0 radical (unpaired) electrons. The molecule has 5 N–H and O–H groups in total. The summed E-state index contributed by atoms with van der Waals surface area (Å²) in [6.07, 6.45) is 8.72. The molecular weight excluding hydrogens is 1020 g/mol. The van der Waals surface area contributed by atoms with Crippen LogP contribution in [0.2, 0.25) is 0 Å². The molecule has 0 aliphatic carbocycles. The van der Waals surface area contributed by atoms with E-state index in [1.165, 1.54) is 25.3 Å². The van der Waals surface area contributed by atoms with Crippen molar-refractivity contribution in [3.05, 3.63) is 204 Å². The average molecular weight is 1100 g/mol. The number of amides is 2. The largest absolute Gasteiger partial charge is 0.468 e. The number of fused-ring (bicyclic) bond motifs is 2. The first-order valence-corrected chi connectivity index (χ1v) is 26.9. The number of nitrogens with zero attached hydrogens (tertiary/aromatic N) is 4. The fourth-order valence-corrected chi connectivity index (χ4v) is 8.63. The monoisotopic (exact) mass is 1100 g/mol. The zero-order valence-electron chi connectivity index (χ0n) is 47.5. The maximum atomic E-state index is 12.7. The minimum Gasteiger partial charge on any atom is -0.468 e. The number of aromatic nitrogens is 4. The van der Waals surface area contributed by atoms with Crippen LogP contribution in [0.15, 0.2) is 171 Å². The van der Waals surface area contributed by atoms with Crippen LogP contribution in [0.4, 0.5) is 9.59 Å². The lowest BCUT2D eigenvalue weighted by molar-refractivity contribution is -0.143. The maximum Gasteiger partial charge on any atom is 0.408 e. The zero-order chi connectivity index (χ0) is 58.4. The highest BCUT2D eigenvalue weighted by Crippen LogP contribution is 2.19. The second-order valence-electron chi connectivity index (χ2n) is 21.6. The topological polar surface area (TPSA) is 220 Å². The molecule has 0 bridgehead atoms. The first-order chi connectivity index (χ1) is 38.7. The van der Waals surface area contributed by atoms with Crippen molar-refractivity contribution in [3.8, 4) is 0 Å². The SMILES string of the molecule is CC(C)(C)OC(=O)NC(C=O)Cc1ccc2ccccc2c1.COC(=O)C(Cc1cn(Cc2ccccc2)cn1)NCC(Cc1ccc2ccccc2c1)NC(=O)OC(C)(C)C.COC(=O)C(N)Cc1cn(Cc2ccccc2)cn1. The van der Waals surface area contributed by atoms with Gasteiger partial charge < -0.3 is 54.6 Å². The molecule has 0 spiro atoms. The Balaban J connectivity index is 0.000000216. The van der Waals surface area contributed by atoms with Crippen LogP contribution < -0.4 is 21.7 Å². The van der Waals surface area contributed by atoms with E-state index in [1.807, 2.05) is 133 Å². The number of ether oxygens (including phenoxy) is 4. The number of esters is 2. The predicted octanol–water partition coefficient (Wildman–Crippen LogP) is 9.34. The smallest absolute Gasteiger partial charge is 0.408 e. The normalized spacial score (nSPS) is 12.7. The Labute approximate surface area is 474 Å². The highest BCUT2D eigenvalue weighted by molar-refractivity contribution is 5.84. The number of hydrogen-bond acceptors (Lipinski definition) is 13. The Bertz CT molecular complexity index is 3280. The lowest BCUT2D eigenvalue weighted by atomic mass is 10.0. The van der Waals surface area contributed by atoms with Crippen LogP contribution >= 0.6 is 0 Å². The summed E-state index contributed by atoms with van der Waals surface area (Å²) < 4.78 is 24.3. The molecule has 8 rings (SSSR count). The van der Waals surface area contributed by atoms with E-state index < -0.39 is 47.5 Å². The number of rotatable bonds is 20. The summed E-state index contributed by atoms with van der Waals surface area (Å²) in [4.78, 5) is 68.3. The molecule has 0 fully saturated rings. The van der Waals surface area contributed by atoms with Gasteiger partial charge in [0.15, 0.2) is 0 Å². The number of benzene rings is 6. The zero-order valence-corrected chi connectivity index (χ0v) is 47.5. The molecule has 17 heteroatoms. The minimum atomic E-state index is -0.662. The summed E-state index contributed by atoms with van der Waals surface area (Å²) in [5.41, 5.74) is 10.5. The quantitative estimate of drug-likeness (QED) is 0.0318. The van der Waals surface area contributed by atoms with Gasteiger partial charge in [-0.25, -0.2) is 19.6 Å². The van der Waals surface area contributed by atoms with E-state index in [2.05, 4.69) is 85.3 Å². The van der Waals surface area contributed by atoms with Crippen molar-refractivity contribution in [1.29, 1.82) is 0 Å². The summed E-state index contributed by atoms with van der Waals surface area (Å²) in [7, 11) is 2.70. The molecule has 0 aliphatic rings. The lowest BCUT2D eigenvalue weighted by Gasteiger charge is -2.25. The molecule has 2 amide bonds. The summed E-state index contributed by atoms with van der Waals surface area (Å²) in [6, 6.07) is 46.4. The summed E-state index contributed by atoms with van der Waals surface area (Å²) in [5, 5.41) is 13.4. The van der Waals surface area contributed by atoms with Crippen LogP contribution in [-0.2, 0) is 72.1 Å². The van der Waals surface area contributed by atoms with Crippen molar-refractivity contribution in [1.82, 2.24) is 35.1 Å². The van der Waals surface area contributed by atoms with Crippen LogP contribution in [-0.4, -0.2) is 106 Å². The number of carbonyl (C=O) groups excluding carboxylic acids is 5. The third kappa shape index (κ3) is 21.5. The van der Waals surface area contributed by atoms with Gasteiger partial charge in [0.2, 0.25) is 0 Å². The summed E-state index contributed by atoms with van der Waals surface area (Å²) in [6.45, 7) is 12.6. The number of aldehydes is 1. The molecule has 81 heavy (non-hydrogen) atoms. The van der Waals surface area contributed by atoms with E-state index in [1.54, 1.807) is 33.4 Å². The van der Waals surface area contributed by atoms with E-state index in [-0.39, 0.29) is 12.0 Å². The molecule has 0 saturated carbocycles. The number of carbonyl (C=O) groups is 5. The molecular formula is C64H76N8O9. The predicted molar refractivity (Wildman–Crippen MR) is 314 cm³/mol. The molecule has 0 saturated heterocycles. The van der Waals surface area contributed by atoms with Gasteiger partial charge in [-0.3, -0.25) is 9.59 Å². The van der Waals surface area contributed by atoms with Crippen molar-refractivity contribution < 1.29 is 42.9 Å². The molecule has 2 aromatic heterocycles. The van der Waals surface area contributed by atoms with Gasteiger partial charge in [-0.2, -0.15) is 0 Å². The van der Waals surface area contributed by atoms with Crippen LogP contribution in [0, 0.1) is 0 Å². The van der Waals surface area contributed by atoms with Crippen molar-refractivity contribution in [2.45, 2.75) is 116 Å². The maximum absolute atomic E-state index is 12.7. The Hall–Kier alpha value is -8.67. The van der Waals surface area contributed by atoms with E-state index >= 15 is 0 Å². The van der Waals surface area contributed by atoms with E-state index in [0.717, 1.165) is 56.9 Å². The number of nitrogens with one attached hydrogen (secondary N) is 3. The molecule has 17 nitrogen and oxygen atoms in total. The lowest BCUT2D eigenvalue weighted by Crippen LogP contribution is -2.50. The summed E-state index contributed by atoms with van der Waals surface area (Å²) in [5.74, 6) is -0.808. The van der Waals surface area contributed by atoms with Gasteiger partial charge in [0.1, 0.15) is 29.6 Å². The second kappa shape index (κ2) is 30.1. The highest BCUT2D eigenvalue weighted by Gasteiger charge is 2.25. The van der Waals surface area contributed by atoms with Crippen molar-refractivity contribution in [3.63, 3.8) is 0 Å². The van der Waals surface area contributed by atoms with Gasteiger partial charge in [0.05, 0.1) is 44.3 Å². The van der Waals surface area contributed by atoms with Gasteiger partial charge in [-0.05, 0) is 98.2 Å². The molecule has 426 valence electrons. The van der Waals surface area contributed by atoms with Gasteiger partial charge in [0, 0.05) is 50.9 Å². The molecule has 4 unspecified atom stereocenters. The van der Waals surface area contributed by atoms with Crippen molar-refractivity contribution >= 4 is 52.0 Å². The number of hydrogen-bond donors (Lipinski definition) is 4. The Morgan fingerprint density at radius 2 is 0.988 bits per heavy atom. The number of alkyl carbamates (subject to hydrolysis) is 2. The summed E-state index contributed by atoms with van der Waals surface area (Å²) >= 11 is 0. The van der Waals surface area contributed by atoms with Crippen molar-refractivity contribution in [2.75, 3.05) is 20.8 Å². The number of imidazole rings is 2. The van der Waals surface area contributed by atoms with Gasteiger partial charge in [0.25, 0.3) is 0 Å². The van der Waals surface area contributed by atoms with Crippen LogP contribution in [0.5, 0.6) is 0 Å². The third-order valence-corrected chi connectivity index (χ3v) is 12.4. The third-order valence-electron chi connectivity index (χ3n) is 12.4. The van der Waals surface area contributed by atoms with Gasteiger partial charge >= 0.3 is 24.1 Å².